The smallest absolute Gasteiger partial charge is 0.226 e. The molecular weight excluding hydrogens is 278 g/mol. The summed E-state index contributed by atoms with van der Waals surface area (Å²) in [6.45, 7) is 3.23. The van der Waals surface area contributed by atoms with Gasteiger partial charge in [-0.1, -0.05) is 18.2 Å². The summed E-state index contributed by atoms with van der Waals surface area (Å²) >= 11 is 0. The van der Waals surface area contributed by atoms with Crippen LogP contribution in [-0.4, -0.2) is 67.1 Å². The predicted molar refractivity (Wildman–Crippen MR) is 86.9 cm³/mol. The summed E-state index contributed by atoms with van der Waals surface area (Å²) in [6, 6.07) is 8.07. The van der Waals surface area contributed by atoms with Gasteiger partial charge in [0.25, 0.3) is 0 Å². The molecule has 1 aliphatic rings. The van der Waals surface area contributed by atoms with Crippen molar-refractivity contribution in [3.8, 4) is 0 Å². The van der Waals surface area contributed by atoms with Gasteiger partial charge in [-0.05, 0) is 18.7 Å². The molecule has 1 saturated heterocycles. The molecule has 1 atom stereocenters. The number of rotatable bonds is 4. The van der Waals surface area contributed by atoms with Gasteiger partial charge in [-0.3, -0.25) is 4.79 Å². The molecule has 22 heavy (non-hydrogen) atoms. The van der Waals surface area contributed by atoms with Crippen LogP contribution >= 0.6 is 0 Å². The van der Waals surface area contributed by atoms with Crippen molar-refractivity contribution in [3.63, 3.8) is 0 Å². The van der Waals surface area contributed by atoms with Gasteiger partial charge >= 0.3 is 0 Å². The molecule has 0 radical (unpaired) electrons. The van der Waals surface area contributed by atoms with Crippen LogP contribution in [0.25, 0.3) is 10.9 Å². The van der Waals surface area contributed by atoms with Crippen LogP contribution in [0.3, 0.4) is 0 Å². The topological polar surface area (TPSA) is 48.6 Å². The zero-order chi connectivity index (χ0) is 15.5. The molecule has 0 aliphatic carbocycles. The molecule has 0 bridgehead atoms. The lowest BCUT2D eigenvalue weighted by molar-refractivity contribution is -0.132. The Morgan fingerprint density at radius 3 is 3.09 bits per heavy atom. The summed E-state index contributed by atoms with van der Waals surface area (Å²) in [5.74, 6) is 0.126. The molecule has 1 aliphatic heterocycles. The van der Waals surface area contributed by atoms with Gasteiger partial charge in [0.05, 0.1) is 19.1 Å². The van der Waals surface area contributed by atoms with E-state index in [-0.39, 0.29) is 12.0 Å². The molecular formula is C17H23N3O2. The number of H-pyrrole nitrogens is 1. The van der Waals surface area contributed by atoms with Crippen LogP contribution in [0.15, 0.2) is 30.5 Å². The van der Waals surface area contributed by atoms with E-state index < -0.39 is 0 Å². The maximum atomic E-state index is 12.5. The Kier molecular flexibility index (Phi) is 4.45. The second kappa shape index (κ2) is 6.50. The number of likely N-dealkylation sites (N-methyl/N-ethyl adjacent to an activating group) is 2. The first-order valence-electron chi connectivity index (χ1n) is 7.72. The van der Waals surface area contributed by atoms with E-state index in [2.05, 4.69) is 16.9 Å². The molecule has 1 unspecified atom stereocenters. The maximum absolute atomic E-state index is 12.5. The quantitative estimate of drug-likeness (QED) is 0.931. The number of aromatic amines is 1. The highest BCUT2D eigenvalue weighted by Crippen LogP contribution is 2.18. The SMILES string of the molecule is CN1CCOC(CN(C)C(=O)Cc2c[nH]c3ccccc23)C1. The van der Waals surface area contributed by atoms with Gasteiger partial charge in [0.15, 0.2) is 0 Å². The van der Waals surface area contributed by atoms with Crippen molar-refractivity contribution in [2.45, 2.75) is 12.5 Å². The molecule has 5 nitrogen and oxygen atoms in total. The van der Waals surface area contributed by atoms with E-state index >= 15 is 0 Å². The summed E-state index contributed by atoms with van der Waals surface area (Å²) in [4.78, 5) is 19.7. The lowest BCUT2D eigenvalue weighted by atomic mass is 10.1. The number of morpholine rings is 1. The first-order valence-corrected chi connectivity index (χ1v) is 7.72. The second-order valence-electron chi connectivity index (χ2n) is 6.07. The lowest BCUT2D eigenvalue weighted by Crippen LogP contribution is -2.46. The average Bonchev–Trinajstić information content (AvgIpc) is 2.90. The van der Waals surface area contributed by atoms with E-state index in [1.807, 2.05) is 37.5 Å². The Bertz CT molecular complexity index is 652. The number of nitrogens with zero attached hydrogens (tertiary/aromatic N) is 2. The Balaban J connectivity index is 1.61. The minimum atomic E-state index is 0.107. The number of ether oxygens (including phenoxy) is 1. The fourth-order valence-corrected chi connectivity index (χ4v) is 2.96. The molecule has 118 valence electrons. The van der Waals surface area contributed by atoms with Gasteiger partial charge in [-0.15, -0.1) is 0 Å². The number of hydrogen-bond acceptors (Lipinski definition) is 3. The summed E-state index contributed by atoms with van der Waals surface area (Å²) < 4.78 is 5.73. The highest BCUT2D eigenvalue weighted by Gasteiger charge is 2.21. The minimum Gasteiger partial charge on any atom is -0.374 e. The number of aromatic nitrogens is 1. The Morgan fingerprint density at radius 2 is 2.27 bits per heavy atom. The van der Waals surface area contributed by atoms with E-state index in [0.717, 1.165) is 36.2 Å². The number of fused-ring (bicyclic) bond motifs is 1. The van der Waals surface area contributed by atoms with Crippen LogP contribution in [0.5, 0.6) is 0 Å². The van der Waals surface area contributed by atoms with E-state index in [1.54, 1.807) is 4.90 Å². The van der Waals surface area contributed by atoms with Gasteiger partial charge in [0.2, 0.25) is 5.91 Å². The molecule has 1 aromatic carbocycles. The summed E-state index contributed by atoms with van der Waals surface area (Å²) in [7, 11) is 3.94. The summed E-state index contributed by atoms with van der Waals surface area (Å²) in [6.07, 6.45) is 2.46. The summed E-state index contributed by atoms with van der Waals surface area (Å²) in [5.41, 5.74) is 2.12. The van der Waals surface area contributed by atoms with Crippen molar-refractivity contribution in [2.75, 3.05) is 40.3 Å². The van der Waals surface area contributed by atoms with Crippen molar-refractivity contribution in [3.05, 3.63) is 36.0 Å². The third-order valence-electron chi connectivity index (χ3n) is 4.26. The number of benzene rings is 1. The minimum absolute atomic E-state index is 0.107. The highest BCUT2D eigenvalue weighted by molar-refractivity contribution is 5.88. The fourth-order valence-electron chi connectivity index (χ4n) is 2.96. The van der Waals surface area contributed by atoms with Crippen molar-refractivity contribution in [1.29, 1.82) is 0 Å². The van der Waals surface area contributed by atoms with E-state index in [4.69, 9.17) is 4.74 Å². The van der Waals surface area contributed by atoms with Crippen LogP contribution in [0.2, 0.25) is 0 Å². The largest absolute Gasteiger partial charge is 0.374 e. The van der Waals surface area contributed by atoms with Crippen molar-refractivity contribution < 1.29 is 9.53 Å². The third kappa shape index (κ3) is 3.31. The molecule has 0 saturated carbocycles. The average molecular weight is 301 g/mol. The molecule has 1 amide bonds. The number of carbonyl (C=O) groups excluding carboxylic acids is 1. The second-order valence-corrected chi connectivity index (χ2v) is 6.07. The van der Waals surface area contributed by atoms with Crippen LogP contribution < -0.4 is 0 Å². The van der Waals surface area contributed by atoms with Crippen LogP contribution in [0, 0.1) is 0 Å². The number of amides is 1. The van der Waals surface area contributed by atoms with Crippen LogP contribution in [0.1, 0.15) is 5.56 Å². The van der Waals surface area contributed by atoms with Gasteiger partial charge in [-0.25, -0.2) is 0 Å². The van der Waals surface area contributed by atoms with Crippen molar-refractivity contribution in [1.82, 2.24) is 14.8 Å². The van der Waals surface area contributed by atoms with Crippen molar-refractivity contribution >= 4 is 16.8 Å². The Labute approximate surface area is 130 Å². The first kappa shape index (κ1) is 15.1. The van der Waals surface area contributed by atoms with Crippen LogP contribution in [-0.2, 0) is 16.0 Å². The molecule has 2 heterocycles. The van der Waals surface area contributed by atoms with E-state index in [1.165, 1.54) is 0 Å². The number of para-hydroxylation sites is 1. The third-order valence-corrected chi connectivity index (χ3v) is 4.26. The molecule has 3 rings (SSSR count). The number of carbonyl (C=O) groups is 1. The molecule has 2 aromatic rings. The number of nitrogens with one attached hydrogen (secondary N) is 1. The van der Waals surface area contributed by atoms with E-state index in [0.29, 0.717) is 13.0 Å². The van der Waals surface area contributed by atoms with Gasteiger partial charge < -0.3 is 19.5 Å². The highest BCUT2D eigenvalue weighted by atomic mass is 16.5. The standard InChI is InChI=1S/C17H23N3O2/c1-19-7-8-22-14(11-19)12-20(2)17(21)9-13-10-18-16-6-4-3-5-15(13)16/h3-6,10,14,18H,7-9,11-12H2,1-2H3. The predicted octanol–water partition coefficient (Wildman–Crippen LogP) is 1.50. The molecule has 1 aromatic heterocycles. The van der Waals surface area contributed by atoms with E-state index in [9.17, 15) is 4.79 Å². The van der Waals surface area contributed by atoms with Gasteiger partial charge in [0.1, 0.15) is 0 Å². The summed E-state index contributed by atoms with van der Waals surface area (Å²) in [5, 5.41) is 1.12. The number of hydrogen-bond donors (Lipinski definition) is 1. The normalized spacial score (nSPS) is 19.5. The Hall–Kier alpha value is -1.85. The maximum Gasteiger partial charge on any atom is 0.226 e. The molecule has 5 heteroatoms. The zero-order valence-electron chi connectivity index (χ0n) is 13.2. The Morgan fingerprint density at radius 1 is 1.45 bits per heavy atom. The van der Waals surface area contributed by atoms with Gasteiger partial charge in [0, 0.05) is 43.8 Å². The fraction of sp³-hybridized carbons (Fsp3) is 0.471. The van der Waals surface area contributed by atoms with Crippen molar-refractivity contribution in [2.24, 2.45) is 0 Å². The lowest BCUT2D eigenvalue weighted by Gasteiger charge is -2.32. The first-order chi connectivity index (χ1) is 10.6. The monoisotopic (exact) mass is 301 g/mol. The zero-order valence-corrected chi connectivity index (χ0v) is 13.2. The van der Waals surface area contributed by atoms with Gasteiger partial charge in [-0.2, -0.15) is 0 Å². The molecule has 0 spiro atoms. The molecule has 1 N–H and O–H groups in total. The molecule has 1 fully saturated rings. The van der Waals surface area contributed by atoms with Crippen LogP contribution in [0.4, 0.5) is 0 Å².